The Hall–Kier alpha value is -1.81. The van der Waals surface area contributed by atoms with Crippen molar-refractivity contribution in [3.05, 3.63) is 48.0 Å². The number of rotatable bonds is 7. The number of aliphatic imine (C=N–C) groups is 1. The molecule has 1 fully saturated rings. The van der Waals surface area contributed by atoms with Gasteiger partial charge in [0.25, 0.3) is 0 Å². The minimum Gasteiger partial charge on any atom is -0.493 e. The van der Waals surface area contributed by atoms with Crippen LogP contribution in [0.3, 0.4) is 0 Å². The van der Waals surface area contributed by atoms with Gasteiger partial charge >= 0.3 is 0 Å². The number of halogens is 1. The van der Waals surface area contributed by atoms with Crippen LogP contribution in [0.15, 0.2) is 47.5 Å². The Morgan fingerprint density at radius 3 is 2.37 bits per heavy atom. The summed E-state index contributed by atoms with van der Waals surface area (Å²) in [6, 6.07) is 14.5. The van der Waals surface area contributed by atoms with Gasteiger partial charge in [-0.1, -0.05) is 12.1 Å². The summed E-state index contributed by atoms with van der Waals surface area (Å²) in [5.41, 5.74) is 3.37. The molecule has 0 radical (unpaired) electrons. The lowest BCUT2D eigenvalue weighted by molar-refractivity contribution is 0.355. The van der Waals surface area contributed by atoms with E-state index in [1.807, 2.05) is 30.0 Å². The molecule has 0 saturated carbocycles. The summed E-state index contributed by atoms with van der Waals surface area (Å²) in [7, 11) is 3.26. The van der Waals surface area contributed by atoms with Crippen molar-refractivity contribution in [1.82, 2.24) is 5.32 Å². The fourth-order valence-electron chi connectivity index (χ4n) is 3.16. The molecule has 3 rings (SSSR count). The Morgan fingerprint density at radius 2 is 1.73 bits per heavy atom. The summed E-state index contributed by atoms with van der Waals surface area (Å²) in [6.07, 6.45) is 0. The Bertz CT molecular complexity index is 811. The van der Waals surface area contributed by atoms with E-state index in [-0.39, 0.29) is 24.0 Å². The zero-order valence-corrected chi connectivity index (χ0v) is 21.0. The van der Waals surface area contributed by atoms with E-state index in [9.17, 15) is 0 Å². The van der Waals surface area contributed by atoms with Gasteiger partial charge < -0.3 is 25.0 Å². The zero-order valence-electron chi connectivity index (χ0n) is 17.8. The molecule has 0 bridgehead atoms. The zero-order chi connectivity index (χ0) is 20.5. The molecule has 0 aliphatic carbocycles. The van der Waals surface area contributed by atoms with E-state index >= 15 is 0 Å². The highest BCUT2D eigenvalue weighted by Crippen LogP contribution is 2.29. The van der Waals surface area contributed by atoms with E-state index in [4.69, 9.17) is 14.5 Å². The number of ether oxygens (including phenoxy) is 2. The third kappa shape index (κ3) is 6.87. The van der Waals surface area contributed by atoms with Crippen LogP contribution in [0.1, 0.15) is 12.5 Å². The van der Waals surface area contributed by atoms with Crippen LogP contribution in [-0.4, -0.2) is 51.3 Å². The van der Waals surface area contributed by atoms with Crippen LogP contribution in [0.4, 0.5) is 11.4 Å². The number of thioether (sulfide) groups is 1. The number of guanidine groups is 1. The smallest absolute Gasteiger partial charge is 0.196 e. The van der Waals surface area contributed by atoms with E-state index in [0.717, 1.165) is 31.3 Å². The van der Waals surface area contributed by atoms with Crippen molar-refractivity contribution in [2.75, 3.05) is 55.6 Å². The Balaban J connectivity index is 0.00000320. The van der Waals surface area contributed by atoms with Gasteiger partial charge in [-0.05, 0) is 36.8 Å². The molecule has 0 amide bonds. The van der Waals surface area contributed by atoms with Crippen LogP contribution in [0.5, 0.6) is 11.5 Å². The second-order valence-electron chi connectivity index (χ2n) is 6.66. The van der Waals surface area contributed by atoms with Crippen LogP contribution in [0.2, 0.25) is 0 Å². The molecular weight excluding hydrogens is 511 g/mol. The molecule has 1 saturated heterocycles. The summed E-state index contributed by atoms with van der Waals surface area (Å²) in [6.45, 7) is 5.70. The first kappa shape index (κ1) is 24.5. The molecule has 6 nitrogen and oxygen atoms in total. The van der Waals surface area contributed by atoms with Gasteiger partial charge in [-0.3, -0.25) is 0 Å². The fraction of sp³-hybridized carbons (Fsp3) is 0.409. The lowest BCUT2D eigenvalue weighted by Crippen LogP contribution is -2.32. The number of hydrogen-bond acceptors (Lipinski definition) is 5. The number of nitrogens with zero attached hydrogens (tertiary/aromatic N) is 2. The van der Waals surface area contributed by atoms with Crippen molar-refractivity contribution in [1.29, 1.82) is 0 Å². The van der Waals surface area contributed by atoms with Crippen LogP contribution < -0.4 is 25.0 Å². The Morgan fingerprint density at radius 1 is 1.03 bits per heavy atom. The molecule has 164 valence electrons. The summed E-state index contributed by atoms with van der Waals surface area (Å²) in [5.74, 6) is 4.53. The van der Waals surface area contributed by atoms with Gasteiger partial charge in [0.05, 0.1) is 20.8 Å². The van der Waals surface area contributed by atoms with Crippen molar-refractivity contribution < 1.29 is 9.47 Å². The molecule has 1 aliphatic rings. The second-order valence-corrected chi connectivity index (χ2v) is 7.88. The topological polar surface area (TPSA) is 58.1 Å². The number of hydrogen-bond donors (Lipinski definition) is 2. The minimum atomic E-state index is 0. The maximum Gasteiger partial charge on any atom is 0.196 e. The maximum atomic E-state index is 5.38. The fourth-order valence-corrected chi connectivity index (χ4v) is 4.06. The highest BCUT2D eigenvalue weighted by atomic mass is 127. The monoisotopic (exact) mass is 542 g/mol. The number of methoxy groups -OCH3 is 2. The summed E-state index contributed by atoms with van der Waals surface area (Å²) in [5, 5.41) is 6.62. The minimum absolute atomic E-state index is 0. The summed E-state index contributed by atoms with van der Waals surface area (Å²) < 4.78 is 10.7. The predicted octanol–water partition coefficient (Wildman–Crippen LogP) is 4.45. The molecule has 2 aromatic carbocycles. The SMILES string of the molecule is CCNC(=NCc1ccc(N2CCSCC2)cc1)Nc1ccc(OC)c(OC)c1.I. The summed E-state index contributed by atoms with van der Waals surface area (Å²) in [4.78, 5) is 7.18. The van der Waals surface area contributed by atoms with Gasteiger partial charge in [-0.2, -0.15) is 11.8 Å². The number of nitrogens with one attached hydrogen (secondary N) is 2. The van der Waals surface area contributed by atoms with Gasteiger partial charge in [-0.15, -0.1) is 24.0 Å². The van der Waals surface area contributed by atoms with Crippen molar-refractivity contribution in [3.8, 4) is 11.5 Å². The number of benzene rings is 2. The van der Waals surface area contributed by atoms with Crippen molar-refractivity contribution in [2.24, 2.45) is 4.99 Å². The molecule has 0 unspecified atom stereocenters. The molecule has 8 heteroatoms. The molecule has 30 heavy (non-hydrogen) atoms. The highest BCUT2D eigenvalue weighted by Gasteiger charge is 2.11. The molecule has 0 atom stereocenters. The van der Waals surface area contributed by atoms with Gasteiger partial charge in [0.15, 0.2) is 17.5 Å². The van der Waals surface area contributed by atoms with Gasteiger partial charge in [0, 0.05) is 48.6 Å². The molecule has 1 heterocycles. The van der Waals surface area contributed by atoms with Gasteiger partial charge in [-0.25, -0.2) is 4.99 Å². The largest absolute Gasteiger partial charge is 0.493 e. The average Bonchev–Trinajstić information content (AvgIpc) is 2.78. The first-order valence-electron chi connectivity index (χ1n) is 9.92. The van der Waals surface area contributed by atoms with Crippen LogP contribution in [0.25, 0.3) is 0 Å². The van der Waals surface area contributed by atoms with Crippen molar-refractivity contribution in [3.63, 3.8) is 0 Å². The summed E-state index contributed by atoms with van der Waals surface area (Å²) >= 11 is 2.03. The van der Waals surface area contributed by atoms with Crippen LogP contribution in [-0.2, 0) is 6.54 Å². The van der Waals surface area contributed by atoms with E-state index in [0.29, 0.717) is 18.0 Å². The maximum absolute atomic E-state index is 5.38. The first-order valence-corrected chi connectivity index (χ1v) is 11.1. The first-order chi connectivity index (χ1) is 14.2. The molecule has 2 aromatic rings. The van der Waals surface area contributed by atoms with Crippen LogP contribution in [0, 0.1) is 0 Å². The van der Waals surface area contributed by atoms with E-state index < -0.39 is 0 Å². The quantitative estimate of drug-likeness (QED) is 0.307. The van der Waals surface area contributed by atoms with Crippen molar-refractivity contribution >= 4 is 53.1 Å². The Kier molecular flexibility index (Phi) is 10.4. The third-order valence-electron chi connectivity index (χ3n) is 4.72. The van der Waals surface area contributed by atoms with Gasteiger partial charge in [0.2, 0.25) is 0 Å². The molecular formula is C22H31IN4O2S. The van der Waals surface area contributed by atoms with Crippen LogP contribution >= 0.6 is 35.7 Å². The second kappa shape index (κ2) is 12.8. The van der Waals surface area contributed by atoms with E-state index in [1.54, 1.807) is 14.2 Å². The molecule has 0 aromatic heterocycles. The standard InChI is InChI=1S/C22H30N4O2S.HI/c1-4-23-22(25-18-7-10-20(27-2)21(15-18)28-3)24-16-17-5-8-19(9-6-17)26-11-13-29-14-12-26;/h5-10,15H,4,11-14,16H2,1-3H3,(H2,23,24,25);1H. The normalized spacial score (nSPS) is 14.0. The molecule has 2 N–H and O–H groups in total. The molecule has 1 aliphatic heterocycles. The lowest BCUT2D eigenvalue weighted by Gasteiger charge is -2.28. The Labute approximate surface area is 200 Å². The highest BCUT2D eigenvalue weighted by molar-refractivity contribution is 14.0. The van der Waals surface area contributed by atoms with E-state index in [2.05, 4.69) is 46.7 Å². The predicted molar refractivity (Wildman–Crippen MR) is 139 cm³/mol. The van der Waals surface area contributed by atoms with Gasteiger partial charge in [0.1, 0.15) is 0 Å². The average molecular weight is 542 g/mol. The molecule has 0 spiro atoms. The van der Waals surface area contributed by atoms with E-state index in [1.165, 1.54) is 22.8 Å². The third-order valence-corrected chi connectivity index (χ3v) is 5.67. The number of anilines is 2. The van der Waals surface area contributed by atoms with Crippen molar-refractivity contribution in [2.45, 2.75) is 13.5 Å². The lowest BCUT2D eigenvalue weighted by atomic mass is 10.2.